The van der Waals surface area contributed by atoms with Crippen molar-refractivity contribution < 1.29 is 9.53 Å². The Morgan fingerprint density at radius 1 is 1.19 bits per heavy atom. The molecule has 1 unspecified atom stereocenters. The van der Waals surface area contributed by atoms with Gasteiger partial charge in [-0.15, -0.1) is 5.10 Å². The third kappa shape index (κ3) is 4.62. The Morgan fingerprint density at radius 3 is 2.69 bits per heavy atom. The summed E-state index contributed by atoms with van der Waals surface area (Å²) in [5.41, 5.74) is 2.70. The van der Waals surface area contributed by atoms with Gasteiger partial charge in [0.25, 0.3) is 0 Å². The second-order valence-corrected chi connectivity index (χ2v) is 9.19. The molecule has 6 nitrogen and oxygen atoms in total. The van der Waals surface area contributed by atoms with Gasteiger partial charge in [-0.2, -0.15) is 4.98 Å². The lowest BCUT2D eigenvalue weighted by atomic mass is 9.96. The second-order valence-electron chi connectivity index (χ2n) is 7.00. The Labute approximate surface area is 204 Å². The van der Waals surface area contributed by atoms with E-state index in [-0.39, 0.29) is 6.61 Å². The van der Waals surface area contributed by atoms with Crippen molar-refractivity contribution in [3.8, 4) is 0 Å². The normalized spacial score (nSPS) is 15.3. The molecular weight excluding hydrogens is 491 g/mol. The SMILES string of the molecule is CCOC(=O)C1=C(C)Nc2nc(SCc3ccccc3Cl)nn2C1c1ccc(Cl)cc1Cl. The highest BCUT2D eigenvalue weighted by molar-refractivity contribution is 7.98. The molecule has 1 atom stereocenters. The lowest BCUT2D eigenvalue weighted by Gasteiger charge is -2.28. The Balaban J connectivity index is 1.73. The van der Waals surface area contributed by atoms with E-state index in [0.29, 0.717) is 48.8 Å². The van der Waals surface area contributed by atoms with Gasteiger partial charge in [0.05, 0.1) is 12.2 Å². The van der Waals surface area contributed by atoms with E-state index in [1.807, 2.05) is 24.3 Å². The monoisotopic (exact) mass is 508 g/mol. The van der Waals surface area contributed by atoms with Gasteiger partial charge in [-0.1, -0.05) is 70.8 Å². The molecule has 1 aliphatic rings. The Bertz CT molecular complexity index is 1210. The van der Waals surface area contributed by atoms with E-state index in [4.69, 9.17) is 39.5 Å². The molecule has 2 heterocycles. The molecule has 32 heavy (non-hydrogen) atoms. The molecule has 10 heteroatoms. The topological polar surface area (TPSA) is 69.0 Å². The van der Waals surface area contributed by atoms with Crippen LogP contribution in [0.15, 0.2) is 58.9 Å². The lowest BCUT2D eigenvalue weighted by molar-refractivity contribution is -0.139. The van der Waals surface area contributed by atoms with Gasteiger partial charge in [-0.05, 0) is 37.6 Å². The molecular formula is C22H19Cl3N4O2S. The van der Waals surface area contributed by atoms with Gasteiger partial charge in [0.15, 0.2) is 0 Å². The van der Waals surface area contributed by atoms with Gasteiger partial charge in [0, 0.05) is 32.1 Å². The maximum absolute atomic E-state index is 12.9. The zero-order valence-corrected chi connectivity index (χ0v) is 20.3. The standard InChI is InChI=1S/C22H19Cl3N4O2S/c1-3-31-20(30)18-12(2)26-21-27-22(32-11-13-6-4-5-7-16(13)24)28-29(21)19(18)15-9-8-14(23)10-17(15)25/h4-10,19H,3,11H2,1-2H3,(H,26,27,28). The molecule has 4 rings (SSSR count). The molecule has 2 aromatic carbocycles. The number of fused-ring (bicyclic) bond motifs is 1. The quantitative estimate of drug-likeness (QED) is 0.307. The fourth-order valence-corrected chi connectivity index (χ4v) is 5.06. The van der Waals surface area contributed by atoms with Crippen LogP contribution >= 0.6 is 46.6 Å². The molecule has 0 spiro atoms. The summed E-state index contributed by atoms with van der Waals surface area (Å²) >= 11 is 20.4. The minimum Gasteiger partial charge on any atom is -0.463 e. The van der Waals surface area contributed by atoms with Crippen molar-refractivity contribution in [3.05, 3.63) is 79.9 Å². The minimum atomic E-state index is -0.614. The highest BCUT2D eigenvalue weighted by atomic mass is 35.5. The number of carbonyl (C=O) groups is 1. The number of nitrogens with one attached hydrogen (secondary N) is 1. The molecule has 0 saturated heterocycles. The van der Waals surface area contributed by atoms with Gasteiger partial charge < -0.3 is 10.1 Å². The van der Waals surface area contributed by atoms with E-state index in [2.05, 4.69) is 15.4 Å². The van der Waals surface area contributed by atoms with Crippen LogP contribution in [-0.2, 0) is 15.3 Å². The molecule has 1 aliphatic heterocycles. The first-order chi connectivity index (χ1) is 15.4. The Morgan fingerprint density at radius 2 is 1.97 bits per heavy atom. The Kier molecular flexibility index (Phi) is 7.00. The summed E-state index contributed by atoms with van der Waals surface area (Å²) in [6.07, 6.45) is 0. The second kappa shape index (κ2) is 9.75. The molecule has 0 radical (unpaired) electrons. The van der Waals surface area contributed by atoms with E-state index in [0.717, 1.165) is 5.56 Å². The van der Waals surface area contributed by atoms with Crippen molar-refractivity contribution in [2.24, 2.45) is 0 Å². The van der Waals surface area contributed by atoms with Crippen LogP contribution in [0.5, 0.6) is 0 Å². The first-order valence-electron chi connectivity index (χ1n) is 9.81. The van der Waals surface area contributed by atoms with Crippen LogP contribution in [0.3, 0.4) is 0 Å². The average Bonchev–Trinajstić information content (AvgIpc) is 3.15. The molecule has 0 saturated carbocycles. The van der Waals surface area contributed by atoms with Gasteiger partial charge in [0.2, 0.25) is 11.1 Å². The van der Waals surface area contributed by atoms with Crippen LogP contribution < -0.4 is 5.32 Å². The van der Waals surface area contributed by atoms with Crippen molar-refractivity contribution in [3.63, 3.8) is 0 Å². The van der Waals surface area contributed by atoms with Crippen molar-refractivity contribution in [2.75, 3.05) is 11.9 Å². The van der Waals surface area contributed by atoms with E-state index in [9.17, 15) is 4.79 Å². The number of hydrogen-bond acceptors (Lipinski definition) is 6. The number of allylic oxidation sites excluding steroid dienone is 1. The molecule has 3 aromatic rings. The number of anilines is 1. The fourth-order valence-electron chi connectivity index (χ4n) is 3.43. The van der Waals surface area contributed by atoms with Crippen LogP contribution in [0.25, 0.3) is 0 Å². The van der Waals surface area contributed by atoms with Gasteiger partial charge in [-0.3, -0.25) is 0 Å². The van der Waals surface area contributed by atoms with Gasteiger partial charge in [-0.25, -0.2) is 9.48 Å². The summed E-state index contributed by atoms with van der Waals surface area (Å²) in [6, 6.07) is 12.2. The highest BCUT2D eigenvalue weighted by Gasteiger charge is 2.36. The molecule has 1 N–H and O–H groups in total. The van der Waals surface area contributed by atoms with Crippen molar-refractivity contribution >= 4 is 58.5 Å². The summed E-state index contributed by atoms with van der Waals surface area (Å²) in [4.78, 5) is 17.5. The van der Waals surface area contributed by atoms with Crippen molar-refractivity contribution in [1.82, 2.24) is 14.8 Å². The predicted molar refractivity (Wildman–Crippen MR) is 129 cm³/mol. The number of benzene rings is 2. The summed E-state index contributed by atoms with van der Waals surface area (Å²) in [7, 11) is 0. The molecule has 0 amide bonds. The van der Waals surface area contributed by atoms with E-state index in [1.165, 1.54) is 11.8 Å². The summed E-state index contributed by atoms with van der Waals surface area (Å²) in [5.74, 6) is 0.667. The van der Waals surface area contributed by atoms with Crippen LogP contribution in [0.1, 0.15) is 31.0 Å². The van der Waals surface area contributed by atoms with Crippen LogP contribution in [0, 0.1) is 0 Å². The third-order valence-electron chi connectivity index (χ3n) is 4.90. The van der Waals surface area contributed by atoms with Crippen LogP contribution in [0.2, 0.25) is 15.1 Å². The Hall–Kier alpha value is -2.19. The van der Waals surface area contributed by atoms with Crippen LogP contribution in [0.4, 0.5) is 5.95 Å². The van der Waals surface area contributed by atoms with E-state index in [1.54, 1.807) is 36.7 Å². The average molecular weight is 510 g/mol. The molecule has 0 aliphatic carbocycles. The number of ether oxygens (including phenoxy) is 1. The number of hydrogen-bond donors (Lipinski definition) is 1. The third-order valence-corrected chi connectivity index (χ3v) is 6.72. The highest BCUT2D eigenvalue weighted by Crippen LogP contribution is 2.40. The maximum Gasteiger partial charge on any atom is 0.338 e. The number of esters is 1. The molecule has 1 aromatic heterocycles. The number of halogens is 3. The van der Waals surface area contributed by atoms with E-state index < -0.39 is 12.0 Å². The zero-order chi connectivity index (χ0) is 22.8. The van der Waals surface area contributed by atoms with Crippen molar-refractivity contribution in [1.29, 1.82) is 0 Å². The molecule has 0 fully saturated rings. The predicted octanol–water partition coefficient (Wildman–Crippen LogP) is 6.38. The summed E-state index contributed by atoms with van der Waals surface area (Å²) in [6.45, 7) is 3.82. The van der Waals surface area contributed by atoms with Crippen LogP contribution in [-0.4, -0.2) is 27.3 Å². The molecule has 0 bridgehead atoms. The molecule has 166 valence electrons. The number of thioether (sulfide) groups is 1. The largest absolute Gasteiger partial charge is 0.463 e. The maximum atomic E-state index is 12.9. The summed E-state index contributed by atoms with van der Waals surface area (Å²) < 4.78 is 6.98. The van der Waals surface area contributed by atoms with Gasteiger partial charge in [0.1, 0.15) is 6.04 Å². The first-order valence-corrected chi connectivity index (χ1v) is 11.9. The van der Waals surface area contributed by atoms with E-state index >= 15 is 0 Å². The minimum absolute atomic E-state index is 0.250. The number of carbonyl (C=O) groups excluding carboxylic acids is 1. The zero-order valence-electron chi connectivity index (χ0n) is 17.2. The van der Waals surface area contributed by atoms with Gasteiger partial charge >= 0.3 is 5.97 Å². The summed E-state index contributed by atoms with van der Waals surface area (Å²) in [5, 5.41) is 10.00. The number of rotatable bonds is 6. The van der Waals surface area contributed by atoms with Crippen molar-refractivity contribution in [2.45, 2.75) is 30.8 Å². The fraction of sp³-hybridized carbons (Fsp3) is 0.227. The number of aromatic nitrogens is 3. The lowest BCUT2D eigenvalue weighted by Crippen LogP contribution is -2.29. The smallest absolute Gasteiger partial charge is 0.338 e. The first kappa shape index (κ1) is 23.0. The number of nitrogens with zero attached hydrogens (tertiary/aromatic N) is 3.